The second-order valence-electron chi connectivity index (χ2n) is 21.4. The highest BCUT2D eigenvalue weighted by Crippen LogP contribution is 2.44. The first kappa shape index (κ1) is 60.5. The molecule has 0 spiro atoms. The van der Waals surface area contributed by atoms with E-state index in [0.29, 0.717) is 51.6 Å². The predicted octanol–water partition coefficient (Wildman–Crippen LogP) is 7.20. The van der Waals surface area contributed by atoms with Crippen LogP contribution in [0.2, 0.25) is 0 Å². The zero-order valence-electron chi connectivity index (χ0n) is 46.6. The molecule has 17 heteroatoms. The summed E-state index contributed by atoms with van der Waals surface area (Å²) < 4.78 is 17.6. The average molecular weight is 1050 g/mol. The van der Waals surface area contributed by atoms with Crippen LogP contribution in [0.25, 0.3) is 11.1 Å². The number of carboxylic acid groups (broad SMARTS) is 1. The van der Waals surface area contributed by atoms with Crippen molar-refractivity contribution in [3.63, 3.8) is 0 Å². The lowest BCUT2D eigenvalue weighted by atomic mass is 9.89. The van der Waals surface area contributed by atoms with Crippen molar-refractivity contribution in [2.75, 3.05) is 48.0 Å². The van der Waals surface area contributed by atoms with Gasteiger partial charge in [-0.2, -0.15) is 0 Å². The van der Waals surface area contributed by atoms with E-state index in [1.807, 2.05) is 58.0 Å². The normalized spacial score (nSPS) is 17.0. The van der Waals surface area contributed by atoms with Gasteiger partial charge in [0.1, 0.15) is 24.2 Å². The maximum absolute atomic E-state index is 14.6. The molecule has 17 nitrogen and oxygen atoms in total. The number of methoxy groups -OCH3 is 2. The molecule has 76 heavy (non-hydrogen) atoms. The number of likely N-dealkylation sites (tertiary alicyclic amines) is 1. The van der Waals surface area contributed by atoms with Crippen LogP contribution in [0.15, 0.2) is 78.9 Å². The Morgan fingerprint density at radius 3 is 2.01 bits per heavy atom. The first-order valence-corrected chi connectivity index (χ1v) is 27.0. The van der Waals surface area contributed by atoms with E-state index in [9.17, 15) is 38.7 Å². The first-order chi connectivity index (χ1) is 36.2. The molecule has 2 aliphatic rings. The topological polar surface area (TPSA) is 213 Å². The fourth-order valence-corrected chi connectivity index (χ4v) is 10.8. The Kier molecular flexibility index (Phi) is 22.4. The van der Waals surface area contributed by atoms with Crippen LogP contribution in [0.1, 0.15) is 122 Å². The van der Waals surface area contributed by atoms with Crippen LogP contribution in [-0.4, -0.2) is 151 Å². The minimum atomic E-state index is -1.32. The minimum absolute atomic E-state index is 0.0346. The Bertz CT molecular complexity index is 2400. The molecule has 1 aliphatic heterocycles. The highest BCUT2D eigenvalue weighted by molar-refractivity contribution is 5.94. The maximum Gasteiger partial charge on any atom is 0.407 e. The summed E-state index contributed by atoms with van der Waals surface area (Å²) in [5.74, 6) is -4.32. The largest absolute Gasteiger partial charge is 0.480 e. The molecular weight excluding hydrogens is 969 g/mol. The molecule has 3 aromatic rings. The molecule has 1 fully saturated rings. The van der Waals surface area contributed by atoms with Gasteiger partial charge in [0.05, 0.1) is 36.6 Å². The molecule has 1 aliphatic carbocycles. The maximum atomic E-state index is 14.6. The summed E-state index contributed by atoms with van der Waals surface area (Å²) in [6.07, 6.45) is 1.94. The summed E-state index contributed by atoms with van der Waals surface area (Å²) in [4.78, 5) is 99.8. The summed E-state index contributed by atoms with van der Waals surface area (Å²) in [5, 5.41) is 18.4. The summed E-state index contributed by atoms with van der Waals surface area (Å²) in [6.45, 7) is 13.6. The van der Waals surface area contributed by atoms with Crippen LogP contribution >= 0.6 is 0 Å². The zero-order valence-corrected chi connectivity index (χ0v) is 46.6. The fourth-order valence-electron chi connectivity index (χ4n) is 10.8. The van der Waals surface area contributed by atoms with Crippen LogP contribution in [0.5, 0.6) is 0 Å². The molecule has 6 amide bonds. The standard InChI is InChI=1S/C59H84N6O11/c1-12-38(4)52(48(74-10)35-50(67)65-33-23-30-47(65)53(75-11)39(5)54(68)61-46(56(70)71)34-40-24-15-13-16-25-40)63(8)55(69)51(37(2)3)62-57(72)59(6,7)64(9)49(66)31-17-14-22-32-60-58(73)76-36-45-43-28-20-18-26-41(43)42-27-19-21-29-44(42)45/h13,15-16,18-21,24-29,37-39,45-48,51-53H,12,14,17,22-23,30-36H2,1-11H3,(H,60,73)(H,61,68)(H,62,72)(H,70,71)/t38-,39+,46-,47-,48+,51-,52-,53+/m0/s1. The van der Waals surface area contributed by atoms with Gasteiger partial charge < -0.3 is 50.0 Å². The first-order valence-electron chi connectivity index (χ1n) is 27.0. The molecule has 1 saturated heterocycles. The SMILES string of the molecule is CC[C@H](C)[C@@H]([C@@H](CC(=O)N1CCC[C@H]1[C@H](OC)[C@@H](C)C(=O)N[C@@H](Cc1ccccc1)C(=O)O)OC)N(C)C(=O)[C@@H](NC(=O)C(C)(C)N(C)C(=O)CCCCCNC(=O)OCC1c2ccccc2-c2ccccc21)C(C)C. The van der Waals surface area contributed by atoms with Gasteiger partial charge in [0, 0.05) is 60.2 Å². The number of carbonyl (C=O) groups is 7. The molecule has 0 aromatic heterocycles. The molecule has 0 radical (unpaired) electrons. The monoisotopic (exact) mass is 1050 g/mol. The van der Waals surface area contributed by atoms with Crippen molar-refractivity contribution < 1.29 is 52.9 Å². The number of likely N-dealkylation sites (N-methyl/N-ethyl adjacent to an activating group) is 2. The van der Waals surface area contributed by atoms with Crippen molar-refractivity contribution in [2.45, 2.75) is 154 Å². The number of benzene rings is 3. The third-order valence-corrected chi connectivity index (χ3v) is 15.8. The van der Waals surface area contributed by atoms with Gasteiger partial charge in [-0.25, -0.2) is 9.59 Å². The number of aliphatic carboxylic acids is 1. The summed E-state index contributed by atoms with van der Waals surface area (Å²) >= 11 is 0. The highest BCUT2D eigenvalue weighted by atomic mass is 16.5. The Morgan fingerprint density at radius 2 is 1.43 bits per heavy atom. The number of fused-ring (bicyclic) bond motifs is 3. The van der Waals surface area contributed by atoms with E-state index < -0.39 is 71.7 Å². The van der Waals surface area contributed by atoms with E-state index in [4.69, 9.17) is 14.2 Å². The van der Waals surface area contributed by atoms with Gasteiger partial charge in [-0.05, 0) is 79.2 Å². The highest BCUT2D eigenvalue weighted by Gasteiger charge is 2.44. The number of nitrogens with one attached hydrogen (secondary N) is 3. The van der Waals surface area contributed by atoms with Gasteiger partial charge in [0.2, 0.25) is 29.5 Å². The van der Waals surface area contributed by atoms with Crippen LogP contribution in [0.4, 0.5) is 4.79 Å². The predicted molar refractivity (Wildman–Crippen MR) is 291 cm³/mol. The lowest BCUT2D eigenvalue weighted by Gasteiger charge is -2.41. The molecule has 0 bridgehead atoms. The van der Waals surface area contributed by atoms with E-state index in [0.717, 1.165) is 27.8 Å². The Balaban J connectivity index is 1.12. The molecule has 0 saturated carbocycles. The quantitative estimate of drug-likeness (QED) is 0.0534. The van der Waals surface area contributed by atoms with Gasteiger partial charge in [-0.15, -0.1) is 0 Å². The van der Waals surface area contributed by atoms with E-state index in [2.05, 4.69) is 40.2 Å². The van der Waals surface area contributed by atoms with Gasteiger partial charge in [0.25, 0.3) is 0 Å². The Morgan fingerprint density at radius 1 is 0.816 bits per heavy atom. The van der Waals surface area contributed by atoms with E-state index in [1.54, 1.807) is 68.9 Å². The molecule has 1 heterocycles. The van der Waals surface area contributed by atoms with Gasteiger partial charge in [0.15, 0.2) is 0 Å². The molecule has 0 unspecified atom stereocenters. The molecule has 3 aromatic carbocycles. The van der Waals surface area contributed by atoms with Crippen molar-refractivity contribution in [1.29, 1.82) is 0 Å². The smallest absolute Gasteiger partial charge is 0.407 e. The molecule has 416 valence electrons. The lowest BCUT2D eigenvalue weighted by molar-refractivity contribution is -0.150. The zero-order chi connectivity index (χ0) is 55.9. The van der Waals surface area contributed by atoms with Gasteiger partial charge in [-0.1, -0.05) is 126 Å². The number of carboxylic acids is 1. The van der Waals surface area contributed by atoms with Crippen molar-refractivity contribution in [1.82, 2.24) is 30.7 Å². The number of carbonyl (C=O) groups excluding carboxylic acids is 6. The number of alkyl carbamates (subject to hydrolysis) is 1. The number of rotatable bonds is 28. The van der Waals surface area contributed by atoms with Crippen LogP contribution < -0.4 is 16.0 Å². The van der Waals surface area contributed by atoms with Gasteiger partial charge >= 0.3 is 12.1 Å². The second-order valence-corrected chi connectivity index (χ2v) is 21.4. The van der Waals surface area contributed by atoms with Crippen LogP contribution in [0.3, 0.4) is 0 Å². The van der Waals surface area contributed by atoms with Crippen molar-refractivity contribution in [3.8, 4) is 11.1 Å². The molecule has 4 N–H and O–H groups in total. The number of hydrogen-bond donors (Lipinski definition) is 4. The van der Waals surface area contributed by atoms with Crippen molar-refractivity contribution >= 4 is 41.6 Å². The molecular formula is C59H84N6O11. The number of ether oxygens (including phenoxy) is 3. The van der Waals surface area contributed by atoms with E-state index in [-0.39, 0.29) is 61.3 Å². The minimum Gasteiger partial charge on any atom is -0.480 e. The van der Waals surface area contributed by atoms with E-state index >= 15 is 0 Å². The molecule has 8 atom stereocenters. The third kappa shape index (κ3) is 15.0. The third-order valence-electron chi connectivity index (χ3n) is 15.8. The summed E-state index contributed by atoms with van der Waals surface area (Å²) in [6, 6.07) is 22.2. The number of nitrogens with zero attached hydrogens (tertiary/aromatic N) is 3. The molecule has 5 rings (SSSR count). The van der Waals surface area contributed by atoms with Crippen LogP contribution in [0, 0.1) is 17.8 Å². The van der Waals surface area contributed by atoms with E-state index in [1.165, 1.54) is 19.1 Å². The number of unbranched alkanes of at least 4 members (excludes halogenated alkanes) is 2. The van der Waals surface area contributed by atoms with Crippen molar-refractivity contribution in [2.24, 2.45) is 17.8 Å². The van der Waals surface area contributed by atoms with Gasteiger partial charge in [-0.3, -0.25) is 24.0 Å². The fraction of sp³-hybridized carbons (Fsp3) is 0.576. The Hall–Kier alpha value is -6.33. The number of hydrogen-bond acceptors (Lipinski definition) is 10. The summed E-state index contributed by atoms with van der Waals surface area (Å²) in [7, 11) is 6.23. The lowest BCUT2D eigenvalue weighted by Crippen LogP contribution is -2.62. The Labute approximate surface area is 450 Å². The average Bonchev–Trinajstić information content (AvgIpc) is 4.02. The van der Waals surface area contributed by atoms with Crippen LogP contribution in [-0.2, 0) is 49.4 Å². The van der Waals surface area contributed by atoms with Crippen molar-refractivity contribution in [3.05, 3.63) is 95.6 Å². The second kappa shape index (κ2) is 28.2. The summed E-state index contributed by atoms with van der Waals surface area (Å²) in [5.41, 5.74) is 4.04. The number of amides is 6.